The Hall–Kier alpha value is -4.18. The lowest BCUT2D eigenvalue weighted by Crippen LogP contribution is -2.44. The predicted octanol–water partition coefficient (Wildman–Crippen LogP) is 4.37. The molecule has 166 valence electrons. The number of aliphatic imine (C=N–C) groups is 2. The summed E-state index contributed by atoms with van der Waals surface area (Å²) in [7, 11) is 0. The van der Waals surface area contributed by atoms with E-state index < -0.39 is 23.8 Å². The maximum absolute atomic E-state index is 14.3. The quantitative estimate of drug-likeness (QED) is 0.293. The van der Waals surface area contributed by atoms with Crippen LogP contribution in [0.1, 0.15) is 11.1 Å². The Kier molecular flexibility index (Phi) is 3.44. The highest BCUT2D eigenvalue weighted by Gasteiger charge is 2.35. The van der Waals surface area contributed by atoms with Gasteiger partial charge in [-0.05, 0) is 54.6 Å². The van der Waals surface area contributed by atoms with Gasteiger partial charge in [-0.2, -0.15) is 0 Å². The van der Waals surface area contributed by atoms with Gasteiger partial charge in [0.05, 0.1) is 0 Å². The molecule has 35 heavy (non-hydrogen) atoms. The van der Waals surface area contributed by atoms with Gasteiger partial charge in [-0.1, -0.05) is 0 Å². The Balaban J connectivity index is 1.67. The van der Waals surface area contributed by atoms with Crippen molar-refractivity contribution >= 4 is 62.7 Å². The van der Waals surface area contributed by atoms with Crippen LogP contribution in [0.15, 0.2) is 74.6 Å². The lowest BCUT2D eigenvalue weighted by atomic mass is 10.1. The second-order valence-corrected chi connectivity index (χ2v) is 8.90. The van der Waals surface area contributed by atoms with Crippen molar-refractivity contribution in [3.63, 3.8) is 0 Å². The molecule has 11 heteroatoms. The van der Waals surface area contributed by atoms with Crippen LogP contribution in [-0.4, -0.2) is 27.0 Å². The minimum absolute atomic E-state index is 0.259. The molecule has 5 aromatic rings. The Morgan fingerprint density at radius 2 is 1.20 bits per heavy atom. The molecule has 3 aliphatic heterocycles. The molecule has 3 aromatic carbocycles. The number of halogens is 4. The first-order valence-corrected chi connectivity index (χ1v) is 11.1. The molecule has 0 atom stereocenters. The zero-order chi connectivity index (χ0) is 23.6. The Morgan fingerprint density at radius 1 is 0.571 bits per heavy atom. The Labute approximate surface area is 199 Å². The average molecular weight is 485 g/mol. The molecule has 6 nitrogen and oxygen atoms in total. The normalized spacial score (nSPS) is 17.5. The van der Waals surface area contributed by atoms with Crippen molar-refractivity contribution in [2.45, 2.75) is 0 Å². The maximum Gasteiger partial charge on any atom is 0.499 e. The van der Waals surface area contributed by atoms with Crippen molar-refractivity contribution in [3.05, 3.63) is 94.2 Å². The molecule has 0 saturated heterocycles. The van der Waals surface area contributed by atoms with Crippen LogP contribution in [0.2, 0.25) is 0 Å². The predicted molar refractivity (Wildman–Crippen MR) is 127 cm³/mol. The monoisotopic (exact) mass is 484 g/mol. The molecule has 4 bridgehead atoms. The fourth-order valence-electron chi connectivity index (χ4n) is 5.08. The summed E-state index contributed by atoms with van der Waals surface area (Å²) in [6.45, 7) is 0. The summed E-state index contributed by atoms with van der Waals surface area (Å²) in [4.78, 5) is 19.0. The fourth-order valence-corrected chi connectivity index (χ4v) is 5.45. The van der Waals surface area contributed by atoms with Crippen molar-refractivity contribution in [2.75, 3.05) is 0 Å². The van der Waals surface area contributed by atoms with E-state index in [1.54, 1.807) is 27.2 Å². The van der Waals surface area contributed by atoms with E-state index >= 15 is 0 Å². The Morgan fingerprint density at radius 3 is 2.03 bits per heavy atom. The summed E-state index contributed by atoms with van der Waals surface area (Å²) in [6, 6.07) is 12.9. The third-order valence-corrected chi connectivity index (χ3v) is 6.97. The number of hydrogen-bond donors (Lipinski definition) is 0. The molecule has 0 amide bonds. The molecule has 5 heterocycles. The van der Waals surface area contributed by atoms with Gasteiger partial charge in [-0.15, -0.1) is 11.5 Å². The molecule has 2 aromatic heterocycles. The van der Waals surface area contributed by atoms with Crippen LogP contribution in [0.25, 0.3) is 21.5 Å². The zero-order valence-electron chi connectivity index (χ0n) is 17.5. The van der Waals surface area contributed by atoms with Gasteiger partial charge in [-0.3, -0.25) is 0 Å². The van der Waals surface area contributed by atoms with E-state index in [9.17, 15) is 13.2 Å². The summed E-state index contributed by atoms with van der Waals surface area (Å²) < 4.78 is 46.2. The van der Waals surface area contributed by atoms with Crippen LogP contribution >= 0.6 is 11.5 Å². The lowest BCUT2D eigenvalue weighted by molar-refractivity contribution is 0.627. The Bertz CT molecular complexity index is 2020. The van der Waals surface area contributed by atoms with Gasteiger partial charge in [0.2, 0.25) is 0 Å². The molecule has 8 rings (SSSR count). The van der Waals surface area contributed by atoms with Gasteiger partial charge in [0.15, 0.2) is 11.7 Å². The van der Waals surface area contributed by atoms with Crippen molar-refractivity contribution in [1.82, 2.24) is 8.96 Å². The number of nitrogens with zero attached hydrogens (tertiary/aromatic N) is 6. The van der Waals surface area contributed by atoms with Crippen molar-refractivity contribution in [3.8, 4) is 0 Å². The minimum atomic E-state index is -0.889. The van der Waals surface area contributed by atoms with Crippen LogP contribution in [0.5, 0.6) is 0 Å². The van der Waals surface area contributed by atoms with Crippen LogP contribution < -0.4 is 11.0 Å². The molecule has 0 unspecified atom stereocenters. The van der Waals surface area contributed by atoms with Gasteiger partial charge in [0.1, 0.15) is 40.1 Å². The molecule has 0 spiro atoms. The van der Waals surface area contributed by atoms with E-state index in [4.69, 9.17) is 26.4 Å². The number of amidine groups is 2. The molecule has 3 aliphatic rings. The molecule has 0 N–H and O–H groups in total. The molecule has 0 fully saturated rings. The van der Waals surface area contributed by atoms with Crippen molar-refractivity contribution in [1.29, 1.82) is 0 Å². The van der Waals surface area contributed by atoms with Crippen LogP contribution in [0, 0.1) is 17.5 Å². The van der Waals surface area contributed by atoms with E-state index in [0.29, 0.717) is 61.1 Å². The smallest absolute Gasteiger partial charge is 0.319 e. The zero-order valence-corrected chi connectivity index (χ0v) is 18.2. The molecule has 0 radical (unpaired) electrons. The van der Waals surface area contributed by atoms with Gasteiger partial charge >= 0.3 is 6.40 Å². The molecule has 0 aliphatic carbocycles. The molecular formula is C24H9BClF3N6. The number of rotatable bonds is 0. The van der Waals surface area contributed by atoms with Crippen molar-refractivity contribution < 1.29 is 13.2 Å². The van der Waals surface area contributed by atoms with Crippen LogP contribution in [0.3, 0.4) is 0 Å². The maximum atomic E-state index is 14.3. The van der Waals surface area contributed by atoms with Gasteiger partial charge in [-0.25, -0.2) is 33.1 Å². The third-order valence-electron chi connectivity index (χ3n) is 6.58. The number of hydrogen-bond acceptors (Lipinski definition) is 4. The standard InChI is InChI=1S/C24H9BClF3N6/c26-25-34-21-14-5-2-11(28)8-17(14)23(34)33-24-18-9-12(29)3-6-15(18)22(35(24)25)32-20-16-7-10(27)1-4-13(16)19(30-20)31-21/h1-9H/b31-19-,31-21?,32-20?,32-22-. The van der Waals surface area contributed by atoms with Crippen molar-refractivity contribution in [2.24, 2.45) is 20.0 Å². The summed E-state index contributed by atoms with van der Waals surface area (Å²) in [6.07, 6.45) is -0.889. The fraction of sp³-hybridized carbons (Fsp3) is 0. The highest BCUT2D eigenvalue weighted by Crippen LogP contribution is 2.41. The summed E-state index contributed by atoms with van der Waals surface area (Å²) in [5.41, 5.74) is 1.86. The van der Waals surface area contributed by atoms with Crippen LogP contribution in [0.4, 0.5) is 24.8 Å². The first-order valence-electron chi connectivity index (χ1n) is 10.7. The van der Waals surface area contributed by atoms with E-state index in [1.165, 1.54) is 36.4 Å². The minimum Gasteiger partial charge on any atom is -0.319 e. The third kappa shape index (κ3) is 2.36. The average Bonchev–Trinajstić information content (AvgIpc) is 3.43. The summed E-state index contributed by atoms with van der Waals surface area (Å²) in [5.74, 6) is 0.0827. The second-order valence-electron chi connectivity index (χ2n) is 8.51. The highest BCUT2D eigenvalue weighted by molar-refractivity contribution is 7.05. The van der Waals surface area contributed by atoms with E-state index in [2.05, 4.69) is 4.99 Å². The van der Waals surface area contributed by atoms with Gasteiger partial charge < -0.3 is 8.96 Å². The first-order chi connectivity index (χ1) is 17.0. The van der Waals surface area contributed by atoms with Gasteiger partial charge in [0, 0.05) is 32.7 Å². The largest absolute Gasteiger partial charge is 0.499 e. The number of benzene rings is 3. The lowest BCUT2D eigenvalue weighted by Gasteiger charge is -2.18. The van der Waals surface area contributed by atoms with Crippen LogP contribution in [-0.2, 0) is 0 Å². The topological polar surface area (TPSA) is 59.3 Å². The van der Waals surface area contributed by atoms with E-state index in [-0.39, 0.29) is 5.84 Å². The number of aromatic nitrogens is 2. The molecule has 0 saturated carbocycles. The molecular weight excluding hydrogens is 476 g/mol. The summed E-state index contributed by atoms with van der Waals surface area (Å²) >= 11 is 7.05. The summed E-state index contributed by atoms with van der Waals surface area (Å²) in [5, 5.41) is 2.22. The van der Waals surface area contributed by atoms with E-state index in [1.807, 2.05) is 0 Å². The first kappa shape index (κ1) is 19.2. The second kappa shape index (κ2) is 6.28. The highest BCUT2D eigenvalue weighted by atomic mass is 35.5. The SMILES string of the molecule is Fc1ccc2c(c1)C1=NC/2=N\c2c3ccc(F)cc3c3n2B(Cl)n2c(c4cc(F)ccc4/c2=N/1)=N3. The van der Waals surface area contributed by atoms with Gasteiger partial charge in [0.25, 0.3) is 0 Å². The van der Waals surface area contributed by atoms with E-state index in [0.717, 1.165) is 0 Å². The number of fused-ring (bicyclic) bond motifs is 10.